The molecule has 0 spiro atoms. The van der Waals surface area contributed by atoms with Crippen molar-refractivity contribution < 1.29 is 9.53 Å². The molecule has 0 heterocycles. The molecule has 3 aromatic rings. The van der Waals surface area contributed by atoms with Crippen LogP contribution in [0.25, 0.3) is 0 Å². The number of benzene rings is 3. The summed E-state index contributed by atoms with van der Waals surface area (Å²) in [5.74, 6) is -0.331. The summed E-state index contributed by atoms with van der Waals surface area (Å²) in [5, 5.41) is 0. The number of methoxy groups -OCH3 is 1. The number of anilines is 2. The summed E-state index contributed by atoms with van der Waals surface area (Å²) in [4.78, 5) is 12.1. The third-order valence-corrected chi connectivity index (χ3v) is 4.25. The van der Waals surface area contributed by atoms with Gasteiger partial charge in [-0.25, -0.2) is 4.79 Å². The highest BCUT2D eigenvalue weighted by molar-refractivity contribution is 5.89. The molecule has 0 unspecified atom stereocenters. The maximum Gasteiger partial charge on any atom is 0.337 e. The molecule has 0 aliphatic heterocycles. The van der Waals surface area contributed by atoms with Crippen LogP contribution in [0.15, 0.2) is 66.7 Å². The van der Waals surface area contributed by atoms with Crippen LogP contribution in [0.4, 0.5) is 11.4 Å². The lowest BCUT2D eigenvalue weighted by atomic mass is 9.96. The number of ether oxygens (including phenoxy) is 1. The third kappa shape index (κ3) is 4.42. The number of nitrogens with two attached hydrogens (primary N) is 2. The number of hydrogen-bond acceptors (Lipinski definition) is 4. The molecule has 4 heteroatoms. The second kappa shape index (κ2) is 7.74. The minimum atomic E-state index is -0.331. The predicted octanol–water partition coefficient (Wildman–Crippen LogP) is 3.82. The van der Waals surface area contributed by atoms with Gasteiger partial charge in [-0.05, 0) is 71.5 Å². The quantitative estimate of drug-likeness (QED) is 0.544. The van der Waals surface area contributed by atoms with Gasteiger partial charge in [0.25, 0.3) is 0 Å². The van der Waals surface area contributed by atoms with E-state index in [-0.39, 0.29) is 5.97 Å². The molecule has 0 amide bonds. The topological polar surface area (TPSA) is 78.3 Å². The SMILES string of the molecule is COC(=O)c1cc(Cc2ccc(N)cc2)cc(Cc2ccc(N)cc2)c1. The van der Waals surface area contributed by atoms with E-state index in [4.69, 9.17) is 16.2 Å². The van der Waals surface area contributed by atoms with Crippen molar-refractivity contribution in [1.29, 1.82) is 0 Å². The molecule has 3 aromatic carbocycles. The number of carbonyl (C=O) groups excluding carboxylic acids is 1. The molecule has 26 heavy (non-hydrogen) atoms. The summed E-state index contributed by atoms with van der Waals surface area (Å²) in [5.41, 5.74) is 17.9. The van der Waals surface area contributed by atoms with E-state index < -0.39 is 0 Å². The van der Waals surface area contributed by atoms with Crippen LogP contribution in [0.5, 0.6) is 0 Å². The summed E-state index contributed by atoms with van der Waals surface area (Å²) in [6, 6.07) is 21.4. The zero-order valence-corrected chi connectivity index (χ0v) is 14.7. The summed E-state index contributed by atoms with van der Waals surface area (Å²) in [6.45, 7) is 0. The van der Waals surface area contributed by atoms with E-state index in [0.29, 0.717) is 5.56 Å². The van der Waals surface area contributed by atoms with Gasteiger partial charge in [-0.1, -0.05) is 30.3 Å². The van der Waals surface area contributed by atoms with Crippen molar-refractivity contribution in [2.75, 3.05) is 18.6 Å². The number of hydrogen-bond donors (Lipinski definition) is 2. The number of carbonyl (C=O) groups is 1. The maximum atomic E-state index is 12.1. The fraction of sp³-hybridized carbons (Fsp3) is 0.136. The van der Waals surface area contributed by atoms with Gasteiger partial charge in [0.15, 0.2) is 0 Å². The lowest BCUT2D eigenvalue weighted by Crippen LogP contribution is -2.04. The predicted molar refractivity (Wildman–Crippen MR) is 105 cm³/mol. The van der Waals surface area contributed by atoms with E-state index in [2.05, 4.69) is 6.07 Å². The first-order chi connectivity index (χ1) is 12.5. The van der Waals surface area contributed by atoms with E-state index in [1.54, 1.807) is 0 Å². The smallest absolute Gasteiger partial charge is 0.337 e. The van der Waals surface area contributed by atoms with Gasteiger partial charge < -0.3 is 16.2 Å². The fourth-order valence-electron chi connectivity index (χ4n) is 2.94. The highest BCUT2D eigenvalue weighted by atomic mass is 16.5. The molecule has 0 fully saturated rings. The molecule has 0 aromatic heterocycles. The highest BCUT2D eigenvalue weighted by Gasteiger charge is 2.10. The van der Waals surface area contributed by atoms with E-state index in [0.717, 1.165) is 46.5 Å². The molecular formula is C22H22N2O2. The molecule has 0 bridgehead atoms. The lowest BCUT2D eigenvalue weighted by Gasteiger charge is -2.10. The normalized spacial score (nSPS) is 10.5. The first-order valence-electron chi connectivity index (χ1n) is 8.43. The Balaban J connectivity index is 1.91. The van der Waals surface area contributed by atoms with E-state index in [1.807, 2.05) is 60.7 Å². The molecule has 0 atom stereocenters. The summed E-state index contributed by atoms with van der Waals surface area (Å²) < 4.78 is 4.91. The Morgan fingerprint density at radius 1 is 0.731 bits per heavy atom. The molecule has 0 aliphatic rings. The maximum absolute atomic E-state index is 12.1. The molecule has 4 nitrogen and oxygen atoms in total. The minimum absolute atomic E-state index is 0.331. The number of esters is 1. The second-order valence-corrected chi connectivity index (χ2v) is 6.37. The molecule has 3 rings (SSSR count). The first-order valence-corrected chi connectivity index (χ1v) is 8.43. The van der Waals surface area contributed by atoms with Crippen molar-refractivity contribution in [3.63, 3.8) is 0 Å². The van der Waals surface area contributed by atoms with Crippen molar-refractivity contribution in [3.8, 4) is 0 Å². The van der Waals surface area contributed by atoms with Crippen molar-refractivity contribution in [3.05, 3.63) is 94.5 Å². The van der Waals surface area contributed by atoms with Crippen molar-refractivity contribution in [2.24, 2.45) is 0 Å². The van der Waals surface area contributed by atoms with E-state index in [1.165, 1.54) is 7.11 Å². The van der Waals surface area contributed by atoms with E-state index >= 15 is 0 Å². The van der Waals surface area contributed by atoms with Gasteiger partial charge >= 0.3 is 5.97 Å². The molecule has 4 N–H and O–H groups in total. The van der Waals surface area contributed by atoms with Gasteiger partial charge in [0.2, 0.25) is 0 Å². The van der Waals surface area contributed by atoms with Gasteiger partial charge in [0, 0.05) is 11.4 Å². The Morgan fingerprint density at radius 3 is 1.54 bits per heavy atom. The van der Waals surface area contributed by atoms with E-state index in [9.17, 15) is 4.79 Å². The zero-order valence-electron chi connectivity index (χ0n) is 14.7. The Morgan fingerprint density at radius 2 is 1.15 bits per heavy atom. The van der Waals surface area contributed by atoms with Crippen LogP contribution in [-0.2, 0) is 17.6 Å². The third-order valence-electron chi connectivity index (χ3n) is 4.25. The zero-order chi connectivity index (χ0) is 18.5. The van der Waals surface area contributed by atoms with Crippen molar-refractivity contribution in [2.45, 2.75) is 12.8 Å². The highest BCUT2D eigenvalue weighted by Crippen LogP contribution is 2.19. The van der Waals surface area contributed by atoms with Crippen molar-refractivity contribution >= 4 is 17.3 Å². The van der Waals surface area contributed by atoms with Gasteiger partial charge in [0.1, 0.15) is 0 Å². The van der Waals surface area contributed by atoms with Crippen LogP contribution in [0.2, 0.25) is 0 Å². The second-order valence-electron chi connectivity index (χ2n) is 6.37. The Kier molecular flexibility index (Phi) is 5.23. The standard InChI is InChI=1S/C22H22N2O2/c1-26-22(25)19-13-17(10-15-2-6-20(23)7-3-15)12-18(14-19)11-16-4-8-21(24)9-5-16/h2-9,12-14H,10-11,23-24H2,1H3. The summed E-state index contributed by atoms with van der Waals surface area (Å²) in [6.07, 6.45) is 1.44. The molecular weight excluding hydrogens is 324 g/mol. The lowest BCUT2D eigenvalue weighted by molar-refractivity contribution is 0.0600. The Labute approximate surface area is 153 Å². The molecule has 0 saturated heterocycles. The van der Waals surface area contributed by atoms with Crippen LogP contribution in [0.3, 0.4) is 0 Å². The average Bonchev–Trinajstić information content (AvgIpc) is 2.64. The molecule has 0 aliphatic carbocycles. The van der Waals surface area contributed by atoms with Gasteiger partial charge in [-0.3, -0.25) is 0 Å². The largest absolute Gasteiger partial charge is 0.465 e. The number of rotatable bonds is 5. The Bertz CT molecular complexity index is 835. The van der Waals surface area contributed by atoms with Gasteiger partial charge in [-0.15, -0.1) is 0 Å². The summed E-state index contributed by atoms with van der Waals surface area (Å²) in [7, 11) is 1.40. The fourth-order valence-corrected chi connectivity index (χ4v) is 2.94. The minimum Gasteiger partial charge on any atom is -0.465 e. The van der Waals surface area contributed by atoms with Crippen molar-refractivity contribution in [1.82, 2.24) is 0 Å². The molecule has 0 radical (unpaired) electrons. The van der Waals surface area contributed by atoms with Crippen LogP contribution < -0.4 is 11.5 Å². The number of nitrogen functional groups attached to an aromatic ring is 2. The average molecular weight is 346 g/mol. The van der Waals surface area contributed by atoms with Crippen LogP contribution in [-0.4, -0.2) is 13.1 Å². The summed E-state index contributed by atoms with van der Waals surface area (Å²) >= 11 is 0. The Hall–Kier alpha value is -3.27. The van der Waals surface area contributed by atoms with Crippen LogP contribution in [0, 0.1) is 0 Å². The molecule has 132 valence electrons. The van der Waals surface area contributed by atoms with Gasteiger partial charge in [0.05, 0.1) is 12.7 Å². The monoisotopic (exact) mass is 346 g/mol. The van der Waals surface area contributed by atoms with Crippen LogP contribution in [0.1, 0.15) is 32.6 Å². The van der Waals surface area contributed by atoms with Gasteiger partial charge in [-0.2, -0.15) is 0 Å². The first kappa shape index (κ1) is 17.5. The molecule has 0 saturated carbocycles. The van der Waals surface area contributed by atoms with Crippen LogP contribution >= 0.6 is 0 Å².